The summed E-state index contributed by atoms with van der Waals surface area (Å²) in [5.41, 5.74) is 4.11. The van der Waals surface area contributed by atoms with E-state index in [0.29, 0.717) is 23.5 Å². The van der Waals surface area contributed by atoms with Crippen LogP contribution in [0, 0.1) is 6.92 Å². The Morgan fingerprint density at radius 3 is 1.88 bits per heavy atom. The molecule has 0 N–H and O–H groups in total. The zero-order chi connectivity index (χ0) is 19.0. The monoisotopic (exact) mass is 344 g/mol. The summed E-state index contributed by atoms with van der Waals surface area (Å²) in [5.74, 6) is 0.0870. The van der Waals surface area contributed by atoms with E-state index in [1.165, 1.54) is 25.0 Å². The summed E-state index contributed by atoms with van der Waals surface area (Å²) in [5, 5.41) is 0. The van der Waals surface area contributed by atoms with Gasteiger partial charge in [0.2, 0.25) is 0 Å². The van der Waals surface area contributed by atoms with Crippen LogP contribution in [0.3, 0.4) is 0 Å². The number of hydrogen-bond donors (Lipinski definition) is 0. The fraction of sp³-hybridized carbons (Fsp3) is 0.429. The van der Waals surface area contributed by atoms with E-state index in [1.54, 1.807) is 12.1 Å². The second-order valence-electron chi connectivity index (χ2n) is 6.50. The predicted molar refractivity (Wildman–Crippen MR) is 99.9 cm³/mol. The highest BCUT2D eigenvalue weighted by Gasteiger charge is 2.15. The molecule has 0 aliphatic rings. The summed E-state index contributed by atoms with van der Waals surface area (Å²) in [6.45, 7) is 10.8. The van der Waals surface area contributed by atoms with E-state index in [0.717, 1.165) is 18.4 Å². The first-order valence-electron chi connectivity index (χ1n) is 8.48. The Morgan fingerprint density at radius 2 is 1.44 bits per heavy atom. The minimum absolute atomic E-state index is 0.398. The molecule has 0 fully saturated rings. The molecule has 4 nitrogen and oxygen atoms in total. The van der Waals surface area contributed by atoms with E-state index in [4.69, 9.17) is 9.47 Å². The normalized spacial score (nSPS) is 11.0. The first-order chi connectivity index (χ1) is 11.7. The number of esters is 2. The number of benzene rings is 1. The minimum atomic E-state index is -0.398. The Bertz CT molecular complexity index is 655. The third-order valence-corrected chi connectivity index (χ3v) is 3.57. The van der Waals surface area contributed by atoms with Crippen LogP contribution in [0.15, 0.2) is 35.4 Å². The van der Waals surface area contributed by atoms with Crippen molar-refractivity contribution in [1.29, 1.82) is 0 Å². The van der Waals surface area contributed by atoms with Crippen molar-refractivity contribution in [3.63, 3.8) is 0 Å². The molecule has 1 rings (SSSR count). The summed E-state index contributed by atoms with van der Waals surface area (Å²) in [7, 11) is 0. The smallest absolute Gasteiger partial charge is 0.308 e. The quantitative estimate of drug-likeness (QED) is 0.393. The Hall–Kier alpha value is -2.36. The lowest BCUT2D eigenvalue weighted by Gasteiger charge is -2.14. The van der Waals surface area contributed by atoms with Crippen molar-refractivity contribution in [1.82, 2.24) is 0 Å². The van der Waals surface area contributed by atoms with Gasteiger partial charge in [0.1, 0.15) is 11.5 Å². The molecule has 0 bridgehead atoms. The van der Waals surface area contributed by atoms with Crippen LogP contribution in [0.1, 0.15) is 58.6 Å². The van der Waals surface area contributed by atoms with Gasteiger partial charge in [-0.25, -0.2) is 0 Å². The zero-order valence-corrected chi connectivity index (χ0v) is 16.1. The Labute approximate surface area is 150 Å². The van der Waals surface area contributed by atoms with Crippen molar-refractivity contribution >= 4 is 11.9 Å². The maximum atomic E-state index is 11.4. The summed E-state index contributed by atoms with van der Waals surface area (Å²) < 4.78 is 10.6. The molecular formula is C21H28O4. The van der Waals surface area contributed by atoms with Crippen molar-refractivity contribution < 1.29 is 19.1 Å². The molecule has 25 heavy (non-hydrogen) atoms. The number of ether oxygens (including phenoxy) is 2. The van der Waals surface area contributed by atoms with Crippen LogP contribution in [0.25, 0.3) is 0 Å². The first-order valence-corrected chi connectivity index (χ1v) is 8.48. The Morgan fingerprint density at radius 1 is 0.920 bits per heavy atom. The molecule has 0 aromatic heterocycles. The van der Waals surface area contributed by atoms with Crippen LogP contribution >= 0.6 is 0 Å². The molecule has 1 aromatic rings. The molecule has 0 unspecified atom stereocenters. The number of allylic oxidation sites excluding steroid dienone is 4. The molecule has 0 amide bonds. The molecule has 0 aliphatic carbocycles. The topological polar surface area (TPSA) is 52.6 Å². The molecule has 1 aromatic carbocycles. The Balaban J connectivity index is 3.10. The average molecular weight is 344 g/mol. The van der Waals surface area contributed by atoms with Crippen LogP contribution in [0.4, 0.5) is 0 Å². The van der Waals surface area contributed by atoms with Crippen molar-refractivity contribution in [3.8, 4) is 11.5 Å². The van der Waals surface area contributed by atoms with Crippen LogP contribution in [0.5, 0.6) is 11.5 Å². The number of hydrogen-bond acceptors (Lipinski definition) is 4. The van der Waals surface area contributed by atoms with Gasteiger partial charge in [0.25, 0.3) is 0 Å². The Kier molecular flexibility index (Phi) is 8.12. The molecule has 0 heterocycles. The van der Waals surface area contributed by atoms with Crippen molar-refractivity contribution in [3.05, 3.63) is 46.6 Å². The average Bonchev–Trinajstić information content (AvgIpc) is 2.44. The van der Waals surface area contributed by atoms with E-state index >= 15 is 0 Å². The molecule has 0 atom stereocenters. The maximum Gasteiger partial charge on any atom is 0.308 e. The minimum Gasteiger partial charge on any atom is -0.426 e. The van der Waals surface area contributed by atoms with Crippen molar-refractivity contribution in [2.75, 3.05) is 0 Å². The molecular weight excluding hydrogens is 316 g/mol. The number of aryl methyl sites for hydroxylation is 1. The molecule has 0 spiro atoms. The van der Waals surface area contributed by atoms with Gasteiger partial charge in [-0.2, -0.15) is 0 Å². The highest BCUT2D eigenvalue weighted by Crippen LogP contribution is 2.32. The van der Waals surface area contributed by atoms with Gasteiger partial charge in [0.15, 0.2) is 0 Å². The second-order valence-corrected chi connectivity index (χ2v) is 6.50. The molecule has 4 heteroatoms. The van der Waals surface area contributed by atoms with E-state index in [9.17, 15) is 9.59 Å². The number of rotatable bonds is 7. The lowest BCUT2D eigenvalue weighted by Crippen LogP contribution is -2.08. The standard InChI is InChI=1S/C21H28O4/c1-14(2)8-7-9-15(3)10-11-19-20(24-17(5)22)12-16(4)13-21(19)25-18(6)23/h8,10,12-13H,7,9,11H2,1-6H3/b15-10+. The molecule has 0 saturated heterocycles. The van der Waals surface area contributed by atoms with E-state index in [2.05, 4.69) is 32.9 Å². The van der Waals surface area contributed by atoms with Gasteiger partial charge in [-0.15, -0.1) is 0 Å². The van der Waals surface area contributed by atoms with Gasteiger partial charge in [-0.3, -0.25) is 9.59 Å². The zero-order valence-electron chi connectivity index (χ0n) is 16.1. The molecule has 136 valence electrons. The summed E-state index contributed by atoms with van der Waals surface area (Å²) in [6.07, 6.45) is 6.78. The van der Waals surface area contributed by atoms with Crippen molar-refractivity contribution in [2.45, 2.75) is 60.8 Å². The fourth-order valence-corrected chi connectivity index (χ4v) is 2.41. The highest BCUT2D eigenvalue weighted by atomic mass is 16.5. The maximum absolute atomic E-state index is 11.4. The van der Waals surface area contributed by atoms with E-state index in [1.807, 2.05) is 6.92 Å². The lowest BCUT2D eigenvalue weighted by atomic mass is 10.0. The predicted octanol–water partition coefficient (Wildman–Crippen LogP) is 5.08. The third kappa shape index (κ3) is 7.84. The van der Waals surface area contributed by atoms with Crippen LogP contribution in [0.2, 0.25) is 0 Å². The van der Waals surface area contributed by atoms with Crippen LogP contribution in [-0.4, -0.2) is 11.9 Å². The summed E-state index contributed by atoms with van der Waals surface area (Å²) in [6, 6.07) is 3.58. The third-order valence-electron chi connectivity index (χ3n) is 3.57. The summed E-state index contributed by atoms with van der Waals surface area (Å²) >= 11 is 0. The SMILES string of the molecule is CC(=O)Oc1cc(C)cc(OC(C)=O)c1C/C=C(\C)CCC=C(C)C. The van der Waals surface area contributed by atoms with Crippen LogP contribution in [-0.2, 0) is 16.0 Å². The largest absolute Gasteiger partial charge is 0.426 e. The molecule has 0 aliphatic heterocycles. The second kappa shape index (κ2) is 9.82. The molecule has 0 saturated carbocycles. The molecule has 0 radical (unpaired) electrons. The van der Waals surface area contributed by atoms with Gasteiger partial charge in [-0.05, 0) is 64.7 Å². The van der Waals surface area contributed by atoms with Gasteiger partial charge >= 0.3 is 11.9 Å². The van der Waals surface area contributed by atoms with Gasteiger partial charge < -0.3 is 9.47 Å². The van der Waals surface area contributed by atoms with E-state index < -0.39 is 11.9 Å². The fourth-order valence-electron chi connectivity index (χ4n) is 2.41. The summed E-state index contributed by atoms with van der Waals surface area (Å²) in [4.78, 5) is 22.8. The van der Waals surface area contributed by atoms with Crippen molar-refractivity contribution in [2.24, 2.45) is 0 Å². The van der Waals surface area contributed by atoms with Crippen LogP contribution < -0.4 is 9.47 Å². The first kappa shape index (κ1) is 20.7. The lowest BCUT2D eigenvalue weighted by molar-refractivity contribution is -0.132. The number of carbonyl (C=O) groups excluding carboxylic acids is 2. The van der Waals surface area contributed by atoms with E-state index in [-0.39, 0.29) is 0 Å². The highest BCUT2D eigenvalue weighted by molar-refractivity contribution is 5.73. The number of carbonyl (C=O) groups is 2. The van der Waals surface area contributed by atoms with Gasteiger partial charge in [-0.1, -0.05) is 23.3 Å². The van der Waals surface area contributed by atoms with Gasteiger partial charge in [0, 0.05) is 19.4 Å². The van der Waals surface area contributed by atoms with Gasteiger partial charge in [0.05, 0.1) is 0 Å².